The lowest BCUT2D eigenvalue weighted by atomic mass is 10.1. The van der Waals surface area contributed by atoms with Gasteiger partial charge < -0.3 is 46.6 Å². The van der Waals surface area contributed by atoms with Crippen LogP contribution in [0.1, 0.15) is 100 Å². The molecule has 0 aliphatic carbocycles. The van der Waals surface area contributed by atoms with Crippen molar-refractivity contribution in [2.75, 3.05) is 19.7 Å². The molecular formula is C34H51FN5O15P. The van der Waals surface area contributed by atoms with Crippen molar-refractivity contribution in [2.24, 2.45) is 0 Å². The first-order chi connectivity index (χ1) is 26.4. The number of unbranched alkanes of at least 4 members (excludes halogenated alkanes) is 4. The molecule has 0 spiro atoms. The van der Waals surface area contributed by atoms with Crippen molar-refractivity contribution < 1.29 is 77.2 Å². The Labute approximate surface area is 321 Å². The highest BCUT2D eigenvalue weighted by Crippen LogP contribution is 2.38. The van der Waals surface area contributed by atoms with Gasteiger partial charge in [-0.05, 0) is 75.6 Å². The Hall–Kier alpha value is -4.98. The molecular weight excluding hydrogens is 767 g/mol. The SMILES string of the molecule is O=C(O)CC[C@H](NP(=O)(O)OCCC[C@H](NC(=O)CC[C@H](NC(=O)CCCCCNC(=O)CCCCCNC(=O)c1ccc([18F])cc1)C(=O)O)C(=O)O)C(=O)O. The van der Waals surface area contributed by atoms with Crippen molar-refractivity contribution in [2.45, 2.75) is 108 Å². The molecule has 1 aromatic carbocycles. The number of hydrogen-bond acceptors (Lipinski definition) is 10. The van der Waals surface area contributed by atoms with Crippen LogP contribution in [0.15, 0.2) is 24.3 Å². The minimum atomic E-state index is -4.73. The van der Waals surface area contributed by atoms with Gasteiger partial charge in [0.05, 0.1) is 6.61 Å². The molecule has 0 heterocycles. The molecule has 314 valence electrons. The highest BCUT2D eigenvalue weighted by Gasteiger charge is 2.30. The largest absolute Gasteiger partial charge is 0.481 e. The van der Waals surface area contributed by atoms with Gasteiger partial charge in [-0.1, -0.05) is 12.8 Å². The molecule has 1 rings (SSSR count). The Morgan fingerprint density at radius 1 is 0.607 bits per heavy atom. The van der Waals surface area contributed by atoms with Crippen molar-refractivity contribution in [1.29, 1.82) is 0 Å². The van der Waals surface area contributed by atoms with Crippen LogP contribution in [-0.2, 0) is 42.7 Å². The van der Waals surface area contributed by atoms with E-state index in [4.69, 9.17) is 14.7 Å². The molecule has 4 amide bonds. The van der Waals surface area contributed by atoms with E-state index in [1.807, 2.05) is 5.09 Å². The third-order valence-corrected chi connectivity index (χ3v) is 9.14. The van der Waals surface area contributed by atoms with Gasteiger partial charge in [-0.15, -0.1) is 0 Å². The van der Waals surface area contributed by atoms with Gasteiger partial charge in [0.1, 0.15) is 23.9 Å². The number of benzene rings is 1. The summed E-state index contributed by atoms with van der Waals surface area (Å²) in [5, 5.41) is 48.6. The Morgan fingerprint density at radius 2 is 1.11 bits per heavy atom. The number of aliphatic carboxylic acids is 4. The van der Waals surface area contributed by atoms with E-state index in [9.17, 15) is 62.4 Å². The second-order valence-corrected chi connectivity index (χ2v) is 14.2. The second-order valence-electron chi connectivity index (χ2n) is 12.6. The molecule has 20 nitrogen and oxygen atoms in total. The highest BCUT2D eigenvalue weighted by molar-refractivity contribution is 7.50. The predicted molar refractivity (Wildman–Crippen MR) is 193 cm³/mol. The maximum absolute atomic E-state index is 13.0. The topological polar surface area (TPSA) is 324 Å². The Bertz CT molecular complexity index is 1530. The lowest BCUT2D eigenvalue weighted by Crippen LogP contribution is -2.44. The Balaban J connectivity index is 2.26. The lowest BCUT2D eigenvalue weighted by Gasteiger charge is -2.19. The Kier molecular flexibility index (Phi) is 23.4. The van der Waals surface area contributed by atoms with Crippen molar-refractivity contribution >= 4 is 55.3 Å². The zero-order valence-electron chi connectivity index (χ0n) is 30.7. The van der Waals surface area contributed by atoms with Gasteiger partial charge in [-0.2, -0.15) is 0 Å². The van der Waals surface area contributed by atoms with E-state index in [1.165, 1.54) is 24.3 Å². The smallest absolute Gasteiger partial charge is 0.403 e. The minimum absolute atomic E-state index is 0.0135. The van der Waals surface area contributed by atoms with Gasteiger partial charge in [0.15, 0.2) is 0 Å². The van der Waals surface area contributed by atoms with Crippen molar-refractivity contribution in [3.8, 4) is 0 Å². The van der Waals surface area contributed by atoms with Crippen LogP contribution >= 0.6 is 7.75 Å². The van der Waals surface area contributed by atoms with E-state index in [2.05, 4.69) is 21.3 Å². The van der Waals surface area contributed by atoms with Crippen molar-refractivity contribution in [3.63, 3.8) is 0 Å². The molecule has 0 bridgehead atoms. The molecule has 1 unspecified atom stereocenters. The highest BCUT2D eigenvalue weighted by atomic mass is 31.2. The number of amides is 4. The summed E-state index contributed by atoms with van der Waals surface area (Å²) >= 11 is 0. The van der Waals surface area contributed by atoms with Crippen LogP contribution in [0.5, 0.6) is 0 Å². The summed E-state index contributed by atoms with van der Waals surface area (Å²) in [6.45, 7) is 0.261. The van der Waals surface area contributed by atoms with E-state index in [0.717, 1.165) is 0 Å². The van der Waals surface area contributed by atoms with Gasteiger partial charge in [0.25, 0.3) is 5.91 Å². The number of rotatable bonds is 31. The van der Waals surface area contributed by atoms with E-state index >= 15 is 0 Å². The standard InChI is InChI=1S/C34H51FN5O15P/c35-23-13-11-22(12-14-23)31(46)37-20-6-1-3-9-27(41)36-19-5-2-4-10-28(42)39-25(33(49)50)15-17-29(43)38-24(32(47)48)8-7-21-55-56(53,54)40-26(34(51)52)16-18-30(44)45/h11-14,24-26H,1-10,15-21H2,(H,36,41)(H,37,46)(H,38,43)(H,39,42)(H,44,45)(H,47,48)(H,49,50)(H,51,52)(H2,40,53,54)/t24-,25-,26-/m0/s1/i35-1. The monoisotopic (exact) mass is 818 g/mol. The third-order valence-electron chi connectivity index (χ3n) is 7.97. The summed E-state index contributed by atoms with van der Waals surface area (Å²) < 4.78 is 29.8. The van der Waals surface area contributed by atoms with Crippen LogP contribution in [0, 0.1) is 5.82 Å². The fourth-order valence-corrected chi connectivity index (χ4v) is 6.02. The average Bonchev–Trinajstić information content (AvgIpc) is 3.12. The predicted octanol–water partition coefficient (Wildman–Crippen LogP) is 1.52. The van der Waals surface area contributed by atoms with Gasteiger partial charge in [-0.3, -0.25) is 33.3 Å². The first-order valence-electron chi connectivity index (χ1n) is 17.9. The molecule has 1 aromatic rings. The molecule has 0 aromatic heterocycles. The molecule has 0 aliphatic heterocycles. The van der Waals surface area contributed by atoms with E-state index in [1.54, 1.807) is 0 Å². The maximum atomic E-state index is 13.0. The van der Waals surface area contributed by atoms with Gasteiger partial charge >= 0.3 is 31.6 Å². The summed E-state index contributed by atoms with van der Waals surface area (Å²) in [7, 11) is -4.73. The molecule has 4 atom stereocenters. The van der Waals surface area contributed by atoms with Crippen molar-refractivity contribution in [1.82, 2.24) is 26.4 Å². The molecule has 56 heavy (non-hydrogen) atoms. The zero-order valence-corrected chi connectivity index (χ0v) is 31.6. The van der Waals surface area contributed by atoms with Crippen LogP contribution in [-0.4, -0.2) is 111 Å². The van der Waals surface area contributed by atoms with Gasteiger partial charge in [0.2, 0.25) is 17.7 Å². The van der Waals surface area contributed by atoms with Crippen LogP contribution < -0.4 is 26.4 Å². The second kappa shape index (κ2) is 26.8. The molecule has 0 aliphatic rings. The molecule has 22 heteroatoms. The van der Waals surface area contributed by atoms with Crippen LogP contribution in [0.2, 0.25) is 0 Å². The number of carbonyl (C=O) groups is 8. The van der Waals surface area contributed by atoms with Crippen LogP contribution in [0.4, 0.5) is 4.39 Å². The maximum Gasteiger partial charge on any atom is 0.403 e. The van der Waals surface area contributed by atoms with Crippen LogP contribution in [0.3, 0.4) is 0 Å². The quantitative estimate of drug-likeness (QED) is 0.0375. The average molecular weight is 819 g/mol. The molecule has 0 radical (unpaired) electrons. The fourth-order valence-electron chi connectivity index (χ4n) is 4.94. The minimum Gasteiger partial charge on any atom is -0.481 e. The summed E-state index contributed by atoms with van der Waals surface area (Å²) in [4.78, 5) is 104. The summed E-state index contributed by atoms with van der Waals surface area (Å²) in [5.74, 6) is -8.09. The molecule has 0 saturated carbocycles. The number of halogens is 1. The number of carboxylic acid groups (broad SMARTS) is 4. The first kappa shape index (κ1) is 49.0. The van der Waals surface area contributed by atoms with E-state index in [0.29, 0.717) is 63.6 Å². The molecule has 0 saturated heterocycles. The summed E-state index contributed by atoms with van der Waals surface area (Å²) in [6, 6.07) is 0.552. The molecule has 10 N–H and O–H groups in total. The summed E-state index contributed by atoms with van der Waals surface area (Å²) in [6.07, 6.45) is 1.40. The van der Waals surface area contributed by atoms with Crippen molar-refractivity contribution in [3.05, 3.63) is 35.6 Å². The number of carbonyl (C=O) groups excluding carboxylic acids is 4. The fraction of sp³-hybridized carbons (Fsp3) is 0.588. The normalized spacial score (nSPS) is 13.6. The number of carboxylic acids is 4. The van der Waals surface area contributed by atoms with Gasteiger partial charge in [0, 0.05) is 44.3 Å². The third kappa shape index (κ3) is 23.1. The first-order valence-corrected chi connectivity index (χ1v) is 19.5. The van der Waals surface area contributed by atoms with Crippen LogP contribution in [0.25, 0.3) is 0 Å². The van der Waals surface area contributed by atoms with E-state index in [-0.39, 0.29) is 37.5 Å². The van der Waals surface area contributed by atoms with Gasteiger partial charge in [-0.25, -0.2) is 23.6 Å². The van der Waals surface area contributed by atoms with E-state index < -0.39 is 93.3 Å². The Morgan fingerprint density at radius 3 is 1.66 bits per heavy atom. The number of nitrogens with one attached hydrogen (secondary N) is 5. The summed E-state index contributed by atoms with van der Waals surface area (Å²) in [5.41, 5.74) is 0.357. The lowest BCUT2D eigenvalue weighted by molar-refractivity contribution is -0.143. The molecule has 0 fully saturated rings. The zero-order chi connectivity index (χ0) is 42.1. The number of hydrogen-bond donors (Lipinski definition) is 10.